The van der Waals surface area contributed by atoms with Crippen LogP contribution in [0.15, 0.2) is 24.3 Å². The van der Waals surface area contributed by atoms with Gasteiger partial charge >= 0.3 is 9.15 Å². The highest BCUT2D eigenvalue weighted by Gasteiger charge is 2.09. The molecule has 102 valence electrons. The molecule has 4 nitrogen and oxygen atoms in total. The van der Waals surface area contributed by atoms with Crippen LogP contribution in [0.2, 0.25) is 0 Å². The zero-order valence-electron chi connectivity index (χ0n) is 9.99. The molecule has 8 heteroatoms. The number of carbonyl (C=O) groups is 1. The summed E-state index contributed by atoms with van der Waals surface area (Å²) in [6, 6.07) is 6.53. The number of carbonyl (C=O) groups excluding carboxylic acids is 1. The molecule has 1 heterocycles. The second-order valence-electron chi connectivity index (χ2n) is 3.42. The Hall–Kier alpha value is -0.465. The van der Waals surface area contributed by atoms with Crippen molar-refractivity contribution < 1.29 is 14.6 Å². The van der Waals surface area contributed by atoms with Gasteiger partial charge in [-0.2, -0.15) is 0 Å². The second-order valence-corrected chi connectivity index (χ2v) is 9.86. The van der Waals surface area contributed by atoms with E-state index in [2.05, 4.69) is 52.3 Å². The summed E-state index contributed by atoms with van der Waals surface area (Å²) >= 11 is 9.31. The fourth-order valence-electron chi connectivity index (χ4n) is 1.44. The molecule has 0 saturated heterocycles. The highest BCUT2D eigenvalue weighted by molar-refractivity contribution is 9.69. The van der Waals surface area contributed by atoms with Gasteiger partial charge < -0.3 is 14.8 Å². The summed E-state index contributed by atoms with van der Waals surface area (Å²) < 4.78 is 5.13. The molecule has 0 atom stereocenters. The number of H-pyrrole nitrogens is 1. The minimum Gasteiger partial charge on any atom is -0.508 e. The Morgan fingerprint density at radius 1 is 1.37 bits per heavy atom. The van der Waals surface area contributed by atoms with Crippen LogP contribution < -0.4 is 0 Å². The Morgan fingerprint density at radius 2 is 2.00 bits per heavy atom. The first-order valence-corrected chi connectivity index (χ1v) is 8.09. The molecule has 0 aliphatic heterocycles. The van der Waals surface area contributed by atoms with Gasteiger partial charge in [0.25, 0.3) is 0 Å². The van der Waals surface area contributed by atoms with Crippen LogP contribution in [0.4, 0.5) is 0 Å². The van der Waals surface area contributed by atoms with Crippen molar-refractivity contribution in [1.82, 2.24) is 4.98 Å². The number of ether oxygens (including phenoxy) is 1. The number of aromatic hydroxyl groups is 1. The predicted molar refractivity (Wildman–Crippen MR) is 88.5 cm³/mol. The van der Waals surface area contributed by atoms with E-state index in [1.165, 1.54) is 0 Å². The summed E-state index contributed by atoms with van der Waals surface area (Å²) in [6.07, 6.45) is 0. The molecule has 2 rings (SSSR count). The summed E-state index contributed by atoms with van der Waals surface area (Å²) in [4.78, 5) is 14.3. The van der Waals surface area contributed by atoms with E-state index in [0.29, 0.717) is 12.3 Å². The largest absolute Gasteiger partial charge is 0.508 e. The molecule has 0 radical (unpaired) electrons. The van der Waals surface area contributed by atoms with Crippen molar-refractivity contribution in [2.75, 3.05) is 6.61 Å². The lowest BCUT2D eigenvalue weighted by Gasteiger charge is -1.96. The van der Waals surface area contributed by atoms with Gasteiger partial charge in [-0.15, -0.1) is 47.3 Å². The van der Waals surface area contributed by atoms with Crippen LogP contribution >= 0.6 is 47.3 Å². The van der Waals surface area contributed by atoms with Crippen molar-refractivity contribution in [3.05, 3.63) is 30.0 Å². The average Bonchev–Trinajstić information content (AvgIpc) is 2.71. The lowest BCUT2D eigenvalue weighted by atomic mass is 10.2. The normalized spacial score (nSPS) is 9.68. The van der Waals surface area contributed by atoms with Crippen molar-refractivity contribution in [2.24, 2.45) is 0 Å². The minimum atomic E-state index is -0.381. The fraction of sp³-hybridized carbons (Fsp3) is 0.182. The maximum atomic E-state index is 11.4. The SMILES string of the molecule is BrB(Br)Br.CCOC(=O)c1cc2cc(O)ccc2[nH]1. The maximum Gasteiger partial charge on any atom is 0.369 e. The summed E-state index contributed by atoms with van der Waals surface area (Å²) in [5.41, 5.74) is 1.20. The van der Waals surface area contributed by atoms with Gasteiger partial charge in [-0.1, -0.05) is 0 Å². The zero-order chi connectivity index (χ0) is 14.4. The van der Waals surface area contributed by atoms with Gasteiger partial charge in [0.15, 0.2) is 0 Å². The lowest BCUT2D eigenvalue weighted by molar-refractivity contribution is 0.0520. The molecule has 0 saturated carbocycles. The summed E-state index contributed by atoms with van der Waals surface area (Å²) in [6.45, 7) is 2.10. The lowest BCUT2D eigenvalue weighted by Crippen LogP contribution is -2.04. The standard InChI is InChI=1S/C11H11NO3.BBr3/c1-2-15-11(14)10-6-7-5-8(13)3-4-9(7)12-10;2-1(3)4/h3-6,12-13H,2H2,1H3;. The Bertz CT molecular complexity index is 556. The van der Waals surface area contributed by atoms with Gasteiger partial charge in [0.05, 0.1) is 6.61 Å². The maximum absolute atomic E-state index is 11.4. The highest BCUT2D eigenvalue weighted by Crippen LogP contribution is 2.20. The van der Waals surface area contributed by atoms with Crippen molar-refractivity contribution in [1.29, 1.82) is 0 Å². The number of hydrogen-bond acceptors (Lipinski definition) is 3. The van der Waals surface area contributed by atoms with Crippen LogP contribution in [0.25, 0.3) is 10.9 Å². The molecule has 19 heavy (non-hydrogen) atoms. The molecule has 0 aliphatic rings. The Labute approximate surface area is 135 Å². The van der Waals surface area contributed by atoms with E-state index in [0.717, 1.165) is 10.9 Å². The number of fused-ring (bicyclic) bond motifs is 1. The fourth-order valence-corrected chi connectivity index (χ4v) is 1.44. The van der Waals surface area contributed by atoms with Gasteiger partial charge in [-0.05, 0) is 31.2 Å². The van der Waals surface area contributed by atoms with Gasteiger partial charge in [0, 0.05) is 10.9 Å². The Balaban J connectivity index is 0.000000399. The van der Waals surface area contributed by atoms with Crippen LogP contribution in [0.5, 0.6) is 5.75 Å². The molecule has 0 unspecified atom stereocenters. The first kappa shape index (κ1) is 16.6. The Kier molecular flexibility index (Phi) is 6.95. The van der Waals surface area contributed by atoms with Gasteiger partial charge in [0.1, 0.15) is 11.4 Å². The molecular formula is C11H11BBr3NO3. The number of hydrogen-bond donors (Lipinski definition) is 2. The van der Waals surface area contributed by atoms with Crippen molar-refractivity contribution in [2.45, 2.75) is 6.92 Å². The van der Waals surface area contributed by atoms with Gasteiger partial charge in [-0.25, -0.2) is 4.79 Å². The monoisotopic (exact) mass is 453 g/mol. The van der Waals surface area contributed by atoms with E-state index in [9.17, 15) is 9.90 Å². The molecule has 0 fully saturated rings. The van der Waals surface area contributed by atoms with Gasteiger partial charge in [0.2, 0.25) is 0 Å². The third-order valence-corrected chi connectivity index (χ3v) is 2.10. The summed E-state index contributed by atoms with van der Waals surface area (Å²) in [7, 11) is 0. The van der Waals surface area contributed by atoms with Crippen LogP contribution in [0.3, 0.4) is 0 Å². The zero-order valence-corrected chi connectivity index (χ0v) is 14.7. The number of halogens is 3. The van der Waals surface area contributed by atoms with Crippen LogP contribution in [0, 0.1) is 0 Å². The number of esters is 1. The quantitative estimate of drug-likeness (QED) is 0.527. The number of aromatic amines is 1. The number of nitrogens with one attached hydrogen (secondary N) is 1. The van der Waals surface area contributed by atoms with E-state index in [-0.39, 0.29) is 14.9 Å². The summed E-state index contributed by atoms with van der Waals surface area (Å²) in [5.74, 6) is -0.204. The van der Waals surface area contributed by atoms with E-state index in [1.54, 1.807) is 31.2 Å². The topological polar surface area (TPSA) is 62.3 Å². The number of benzene rings is 1. The predicted octanol–water partition coefficient (Wildman–Crippen LogP) is 4.21. The molecule has 1 aromatic heterocycles. The summed E-state index contributed by atoms with van der Waals surface area (Å²) in [5, 5.41) is 10.0. The third-order valence-electron chi connectivity index (χ3n) is 2.10. The molecule has 0 amide bonds. The Morgan fingerprint density at radius 3 is 2.58 bits per heavy atom. The molecule has 0 spiro atoms. The number of phenolic OH excluding ortho intramolecular Hbond substituents is 1. The van der Waals surface area contributed by atoms with Gasteiger partial charge in [-0.3, -0.25) is 0 Å². The van der Waals surface area contributed by atoms with Crippen molar-refractivity contribution in [3.8, 4) is 5.75 Å². The van der Waals surface area contributed by atoms with E-state index < -0.39 is 0 Å². The number of rotatable bonds is 2. The molecule has 0 aliphatic carbocycles. The molecule has 2 aromatic rings. The van der Waals surface area contributed by atoms with Crippen LogP contribution in [-0.2, 0) is 4.74 Å². The molecule has 2 N–H and O–H groups in total. The highest BCUT2D eigenvalue weighted by atomic mass is 79.9. The van der Waals surface area contributed by atoms with E-state index in [1.807, 2.05) is 0 Å². The smallest absolute Gasteiger partial charge is 0.369 e. The van der Waals surface area contributed by atoms with E-state index in [4.69, 9.17) is 4.74 Å². The van der Waals surface area contributed by atoms with Crippen LogP contribution in [-0.4, -0.2) is 25.9 Å². The molecule has 0 bridgehead atoms. The average molecular weight is 456 g/mol. The minimum absolute atomic E-state index is 0.178. The second kappa shape index (κ2) is 7.96. The third kappa shape index (κ3) is 5.58. The van der Waals surface area contributed by atoms with Crippen molar-refractivity contribution in [3.63, 3.8) is 0 Å². The van der Waals surface area contributed by atoms with Crippen molar-refractivity contribution >= 4 is 67.3 Å². The molecular weight excluding hydrogens is 445 g/mol. The number of aromatic nitrogens is 1. The first-order valence-electron chi connectivity index (χ1n) is 5.35. The van der Waals surface area contributed by atoms with E-state index >= 15 is 0 Å². The number of phenols is 1. The molecule has 1 aromatic carbocycles. The van der Waals surface area contributed by atoms with Crippen LogP contribution in [0.1, 0.15) is 17.4 Å². The first-order chi connectivity index (χ1) is 8.93.